The number of carbonyl (C=O) groups excluding carboxylic acids is 1. The second-order valence-corrected chi connectivity index (χ2v) is 9.92. The summed E-state index contributed by atoms with van der Waals surface area (Å²) < 4.78 is 16.0. The molecule has 198 valence electrons. The van der Waals surface area contributed by atoms with E-state index in [9.17, 15) is 29.0 Å². The molecule has 10 nitrogen and oxygen atoms in total. The molecule has 0 spiro atoms. The van der Waals surface area contributed by atoms with Crippen LogP contribution in [0.25, 0.3) is 11.2 Å². The Morgan fingerprint density at radius 3 is 2.50 bits per heavy atom. The Morgan fingerprint density at radius 1 is 1.16 bits per heavy atom. The van der Waals surface area contributed by atoms with E-state index in [-0.39, 0.29) is 55.0 Å². The molecule has 1 fully saturated rings. The van der Waals surface area contributed by atoms with E-state index in [4.69, 9.17) is 0 Å². The van der Waals surface area contributed by atoms with Crippen LogP contribution in [0.2, 0.25) is 0 Å². The number of imidazole rings is 1. The molecule has 2 heterocycles. The van der Waals surface area contributed by atoms with Crippen LogP contribution >= 0.6 is 0 Å². The van der Waals surface area contributed by atoms with Gasteiger partial charge in [-0.2, -0.15) is 0 Å². The number of hydrogen-bond acceptors (Lipinski definition) is 6. The molecule has 1 saturated carbocycles. The maximum atomic E-state index is 14.6. The molecule has 2 atom stereocenters. The predicted octanol–water partition coefficient (Wildman–Crippen LogP) is 1.88. The fourth-order valence-corrected chi connectivity index (χ4v) is 5.00. The highest BCUT2D eigenvalue weighted by Gasteiger charge is 2.53. The number of nitrogens with one attached hydrogen (secondary N) is 3. The highest BCUT2D eigenvalue weighted by Crippen LogP contribution is 2.52. The van der Waals surface area contributed by atoms with E-state index in [2.05, 4.69) is 20.3 Å². The van der Waals surface area contributed by atoms with Crippen molar-refractivity contribution in [3.63, 3.8) is 0 Å². The maximum Gasteiger partial charge on any atom is 0.330 e. The van der Waals surface area contributed by atoms with Crippen molar-refractivity contribution >= 4 is 22.8 Å². The second-order valence-electron chi connectivity index (χ2n) is 9.92. The lowest BCUT2D eigenvalue weighted by atomic mass is 9.91. The number of anilines is 1. The van der Waals surface area contributed by atoms with Gasteiger partial charge in [-0.15, -0.1) is 0 Å². The van der Waals surface area contributed by atoms with Gasteiger partial charge in [0.1, 0.15) is 17.2 Å². The van der Waals surface area contributed by atoms with Crippen LogP contribution in [0, 0.1) is 17.2 Å². The first-order chi connectivity index (χ1) is 18.2. The van der Waals surface area contributed by atoms with Gasteiger partial charge in [-0.25, -0.2) is 14.2 Å². The first-order valence-electron chi connectivity index (χ1n) is 12.3. The van der Waals surface area contributed by atoms with Crippen molar-refractivity contribution in [3.05, 3.63) is 92.1 Å². The van der Waals surface area contributed by atoms with Crippen molar-refractivity contribution in [2.45, 2.75) is 32.2 Å². The molecule has 11 heteroatoms. The average molecular weight is 522 g/mol. The highest BCUT2D eigenvalue weighted by atomic mass is 19.1. The molecule has 1 aliphatic carbocycles. The second kappa shape index (κ2) is 9.99. The van der Waals surface area contributed by atoms with Gasteiger partial charge in [0.2, 0.25) is 5.91 Å². The zero-order valence-corrected chi connectivity index (χ0v) is 20.7. The molecule has 5 N–H and O–H groups in total. The smallest absolute Gasteiger partial charge is 0.330 e. The number of aliphatic hydroxyl groups excluding tert-OH is 2. The van der Waals surface area contributed by atoms with Crippen LogP contribution in [0.5, 0.6) is 0 Å². The number of H-pyrrole nitrogens is 2. The number of fused-ring (bicyclic) bond motifs is 1. The molecule has 2 aromatic carbocycles. The van der Waals surface area contributed by atoms with Crippen LogP contribution in [-0.2, 0) is 17.8 Å². The van der Waals surface area contributed by atoms with Gasteiger partial charge in [0.05, 0.1) is 13.2 Å². The summed E-state index contributed by atoms with van der Waals surface area (Å²) in [4.78, 5) is 46.9. The summed E-state index contributed by atoms with van der Waals surface area (Å²) >= 11 is 0. The SMILES string of the molecule is CC(=O)Nc1ccc(C(Cc2ccccc2F)c2nc3c([nH]2)c(=O)[nH]c(=O)n3CC2CC2(CO)CO)cc1. The van der Waals surface area contributed by atoms with Crippen LogP contribution in [0.1, 0.15) is 36.2 Å². The molecule has 0 aliphatic heterocycles. The standard InChI is InChI=1S/C27H28FN5O5/c1-15(36)29-19-8-6-16(7-9-19)20(10-17-4-2-3-5-21(17)28)23-30-22-24(31-23)33(26(38)32-25(22)37)12-18-11-27(18,13-34)14-35/h2-9,18,20,34-35H,10-14H2,1H3,(H,29,36)(H,30,31)(H,32,37,38). The fourth-order valence-electron chi connectivity index (χ4n) is 5.00. The number of amides is 1. The maximum absolute atomic E-state index is 14.6. The van der Waals surface area contributed by atoms with E-state index in [0.29, 0.717) is 23.5 Å². The van der Waals surface area contributed by atoms with Crippen molar-refractivity contribution < 1.29 is 19.4 Å². The molecule has 4 aromatic rings. The molecule has 0 bridgehead atoms. The molecule has 5 rings (SSSR count). The van der Waals surface area contributed by atoms with Crippen LogP contribution in [0.4, 0.5) is 10.1 Å². The summed E-state index contributed by atoms with van der Waals surface area (Å²) in [6.45, 7) is 1.16. The van der Waals surface area contributed by atoms with Gasteiger partial charge in [-0.1, -0.05) is 30.3 Å². The number of aromatic amines is 2. The van der Waals surface area contributed by atoms with Gasteiger partial charge in [0, 0.05) is 30.5 Å². The first-order valence-corrected chi connectivity index (χ1v) is 12.3. The van der Waals surface area contributed by atoms with Crippen LogP contribution in [0.3, 0.4) is 0 Å². The summed E-state index contributed by atoms with van der Waals surface area (Å²) in [5.74, 6) is -0.885. The predicted molar refractivity (Wildman–Crippen MR) is 138 cm³/mol. The minimum atomic E-state index is -0.663. The van der Waals surface area contributed by atoms with Gasteiger partial charge in [0.15, 0.2) is 5.65 Å². The molecule has 2 unspecified atom stereocenters. The van der Waals surface area contributed by atoms with E-state index in [1.54, 1.807) is 42.5 Å². The lowest BCUT2D eigenvalue weighted by Gasteiger charge is -2.16. The number of hydrogen-bond donors (Lipinski definition) is 5. The number of aliphatic hydroxyl groups is 2. The quantitative estimate of drug-likeness (QED) is 0.227. The lowest BCUT2D eigenvalue weighted by molar-refractivity contribution is -0.114. The van der Waals surface area contributed by atoms with E-state index in [1.165, 1.54) is 17.6 Å². The molecular weight excluding hydrogens is 493 g/mol. The Bertz CT molecular complexity index is 1600. The van der Waals surface area contributed by atoms with E-state index < -0.39 is 22.6 Å². The number of rotatable bonds is 9. The van der Waals surface area contributed by atoms with Crippen LogP contribution < -0.4 is 16.6 Å². The normalized spacial score (nSPS) is 16.9. The van der Waals surface area contributed by atoms with E-state index >= 15 is 0 Å². The Morgan fingerprint density at radius 2 is 1.87 bits per heavy atom. The topological polar surface area (TPSA) is 153 Å². The minimum Gasteiger partial charge on any atom is -0.396 e. The fraction of sp³-hybridized carbons (Fsp3) is 0.333. The first kappa shape index (κ1) is 25.6. The summed E-state index contributed by atoms with van der Waals surface area (Å²) in [6.07, 6.45) is 0.760. The lowest BCUT2D eigenvalue weighted by Crippen LogP contribution is -2.32. The third-order valence-corrected chi connectivity index (χ3v) is 7.39. The zero-order chi connectivity index (χ0) is 27.0. The van der Waals surface area contributed by atoms with Gasteiger partial charge in [-0.3, -0.25) is 19.1 Å². The summed E-state index contributed by atoms with van der Waals surface area (Å²) in [6, 6.07) is 13.4. The molecule has 1 amide bonds. The van der Waals surface area contributed by atoms with Gasteiger partial charge in [0.25, 0.3) is 5.56 Å². The monoisotopic (exact) mass is 521 g/mol. The van der Waals surface area contributed by atoms with Crippen LogP contribution in [-0.4, -0.2) is 48.9 Å². The molecule has 0 radical (unpaired) electrons. The number of aromatic nitrogens is 4. The average Bonchev–Trinajstić information content (AvgIpc) is 3.42. The Kier molecular flexibility index (Phi) is 6.72. The third-order valence-electron chi connectivity index (χ3n) is 7.39. The van der Waals surface area contributed by atoms with Gasteiger partial charge in [-0.05, 0) is 48.1 Å². The third kappa shape index (κ3) is 4.77. The van der Waals surface area contributed by atoms with Crippen molar-refractivity contribution in [1.82, 2.24) is 19.5 Å². The van der Waals surface area contributed by atoms with Crippen molar-refractivity contribution in [2.75, 3.05) is 18.5 Å². The number of carbonyl (C=O) groups is 1. The largest absolute Gasteiger partial charge is 0.396 e. The van der Waals surface area contributed by atoms with Crippen molar-refractivity contribution in [1.29, 1.82) is 0 Å². The molecule has 0 saturated heterocycles. The Balaban J connectivity index is 1.59. The summed E-state index contributed by atoms with van der Waals surface area (Å²) in [5.41, 5.74) is 0.133. The number of halogens is 1. The molecule has 1 aliphatic rings. The van der Waals surface area contributed by atoms with Crippen LogP contribution in [0.15, 0.2) is 58.1 Å². The molecular formula is C27H28FN5O5. The summed E-state index contributed by atoms with van der Waals surface area (Å²) in [5, 5.41) is 22.1. The van der Waals surface area contributed by atoms with E-state index in [0.717, 1.165) is 5.56 Å². The Hall–Kier alpha value is -4.09. The van der Waals surface area contributed by atoms with Gasteiger partial charge < -0.3 is 20.5 Å². The highest BCUT2D eigenvalue weighted by molar-refractivity contribution is 5.88. The number of nitrogens with zero attached hydrogens (tertiary/aromatic N) is 2. The minimum absolute atomic E-state index is 0.104. The zero-order valence-electron chi connectivity index (χ0n) is 20.7. The van der Waals surface area contributed by atoms with Gasteiger partial charge >= 0.3 is 5.69 Å². The van der Waals surface area contributed by atoms with Crippen molar-refractivity contribution in [2.24, 2.45) is 11.3 Å². The molecule has 2 aromatic heterocycles. The summed E-state index contributed by atoms with van der Waals surface area (Å²) in [7, 11) is 0. The van der Waals surface area contributed by atoms with Crippen molar-refractivity contribution in [3.8, 4) is 0 Å². The number of benzene rings is 2. The van der Waals surface area contributed by atoms with E-state index in [1.807, 2.05) is 0 Å². The molecule has 38 heavy (non-hydrogen) atoms. The Labute approximate surface area is 216 Å².